The van der Waals surface area contributed by atoms with Gasteiger partial charge in [-0.3, -0.25) is 4.79 Å². The Morgan fingerprint density at radius 2 is 1.86 bits per heavy atom. The topological polar surface area (TPSA) is 76.0 Å². The summed E-state index contributed by atoms with van der Waals surface area (Å²) >= 11 is 0. The van der Waals surface area contributed by atoms with Gasteiger partial charge in [-0.2, -0.15) is 0 Å². The number of benzene rings is 1. The second-order valence-electron chi connectivity index (χ2n) is 5.74. The Morgan fingerprint density at radius 1 is 1.14 bits per heavy atom. The molecule has 3 rings (SSSR count). The summed E-state index contributed by atoms with van der Waals surface area (Å²) in [6.07, 6.45) is 2.49. The zero-order valence-corrected chi connectivity index (χ0v) is 11.8. The van der Waals surface area contributed by atoms with Crippen molar-refractivity contribution in [1.82, 2.24) is 0 Å². The maximum absolute atomic E-state index is 11.4. The van der Waals surface area contributed by atoms with E-state index in [2.05, 4.69) is 0 Å². The van der Waals surface area contributed by atoms with Gasteiger partial charge in [0, 0.05) is 5.92 Å². The van der Waals surface area contributed by atoms with E-state index < -0.39 is 18.0 Å². The lowest BCUT2D eigenvalue weighted by atomic mass is 9.74. The van der Waals surface area contributed by atoms with Crippen LogP contribution in [0.15, 0.2) is 18.2 Å². The van der Waals surface area contributed by atoms with Crippen molar-refractivity contribution in [1.29, 1.82) is 0 Å². The van der Waals surface area contributed by atoms with Crippen molar-refractivity contribution >= 4 is 5.97 Å². The number of carboxylic acid groups (broad SMARTS) is 1. The van der Waals surface area contributed by atoms with Crippen molar-refractivity contribution in [3.63, 3.8) is 0 Å². The van der Waals surface area contributed by atoms with Crippen LogP contribution in [0.4, 0.5) is 0 Å². The number of ether oxygens (including phenoxy) is 2. The second kappa shape index (κ2) is 5.93. The molecule has 2 N–H and O–H groups in total. The van der Waals surface area contributed by atoms with Crippen LogP contribution in [0.5, 0.6) is 11.5 Å². The number of aliphatic hydroxyl groups is 1. The highest BCUT2D eigenvalue weighted by Crippen LogP contribution is 2.41. The van der Waals surface area contributed by atoms with E-state index in [4.69, 9.17) is 9.47 Å². The molecule has 1 fully saturated rings. The molecule has 0 radical (unpaired) electrons. The van der Waals surface area contributed by atoms with Crippen LogP contribution < -0.4 is 9.47 Å². The van der Waals surface area contributed by atoms with Gasteiger partial charge in [-0.25, -0.2) is 0 Å². The summed E-state index contributed by atoms with van der Waals surface area (Å²) in [5.41, 5.74) is 0.706. The van der Waals surface area contributed by atoms with Gasteiger partial charge in [0.15, 0.2) is 11.5 Å². The molecule has 0 spiro atoms. The smallest absolute Gasteiger partial charge is 0.306 e. The van der Waals surface area contributed by atoms with Crippen molar-refractivity contribution in [2.24, 2.45) is 11.8 Å². The highest BCUT2D eigenvalue weighted by molar-refractivity contribution is 5.70. The second-order valence-corrected chi connectivity index (χ2v) is 5.74. The molecule has 114 valence electrons. The standard InChI is InChI=1S/C16H20O5/c17-15(11-3-1-2-4-12(11)16(18)19)10-5-6-13-14(9-10)21-8-7-20-13/h5-6,9,11-12,15,17H,1-4,7-8H2,(H,18,19). The number of fused-ring (bicyclic) bond motifs is 1. The number of aliphatic hydroxyl groups excluding tert-OH is 1. The maximum atomic E-state index is 11.4. The third-order valence-electron chi connectivity index (χ3n) is 4.45. The Morgan fingerprint density at radius 3 is 2.62 bits per heavy atom. The summed E-state index contributed by atoms with van der Waals surface area (Å²) in [6.45, 7) is 1.02. The minimum Gasteiger partial charge on any atom is -0.486 e. The molecule has 1 aliphatic carbocycles. The first kappa shape index (κ1) is 14.2. The summed E-state index contributed by atoms with van der Waals surface area (Å²) in [4.78, 5) is 11.4. The fraction of sp³-hybridized carbons (Fsp3) is 0.562. The van der Waals surface area contributed by atoms with Crippen LogP contribution in [0, 0.1) is 11.8 Å². The van der Waals surface area contributed by atoms with Crippen LogP contribution >= 0.6 is 0 Å². The monoisotopic (exact) mass is 292 g/mol. The molecule has 5 heteroatoms. The molecule has 0 saturated heterocycles. The lowest BCUT2D eigenvalue weighted by molar-refractivity contribution is -0.147. The molecule has 1 aromatic carbocycles. The molecular formula is C16H20O5. The van der Waals surface area contributed by atoms with Gasteiger partial charge in [0.2, 0.25) is 0 Å². The number of rotatable bonds is 3. The van der Waals surface area contributed by atoms with Crippen LogP contribution in [0.2, 0.25) is 0 Å². The van der Waals surface area contributed by atoms with Crippen molar-refractivity contribution in [2.75, 3.05) is 13.2 Å². The van der Waals surface area contributed by atoms with Crippen LogP contribution in [0.1, 0.15) is 37.4 Å². The van der Waals surface area contributed by atoms with Crippen LogP contribution in [-0.4, -0.2) is 29.4 Å². The SMILES string of the molecule is O=C(O)C1CCCCC1C(O)c1ccc2c(c1)OCCO2. The molecule has 1 aliphatic heterocycles. The number of carboxylic acids is 1. The molecular weight excluding hydrogens is 272 g/mol. The van der Waals surface area contributed by atoms with E-state index in [1.165, 1.54) is 0 Å². The molecule has 1 aromatic rings. The molecule has 3 unspecified atom stereocenters. The summed E-state index contributed by atoms with van der Waals surface area (Å²) in [7, 11) is 0. The Hall–Kier alpha value is -1.75. The average Bonchev–Trinajstić information content (AvgIpc) is 2.53. The van der Waals surface area contributed by atoms with E-state index in [9.17, 15) is 15.0 Å². The first-order chi connectivity index (χ1) is 10.2. The third-order valence-corrected chi connectivity index (χ3v) is 4.45. The van der Waals surface area contributed by atoms with Crippen LogP contribution in [-0.2, 0) is 4.79 Å². The van der Waals surface area contributed by atoms with E-state index in [0.29, 0.717) is 36.7 Å². The lowest BCUT2D eigenvalue weighted by Gasteiger charge is -2.32. The molecule has 0 aromatic heterocycles. The van der Waals surface area contributed by atoms with Gasteiger partial charge in [0.1, 0.15) is 13.2 Å². The molecule has 1 heterocycles. The zero-order valence-electron chi connectivity index (χ0n) is 11.8. The van der Waals surface area contributed by atoms with E-state index in [-0.39, 0.29) is 5.92 Å². The fourth-order valence-electron chi connectivity index (χ4n) is 3.34. The third kappa shape index (κ3) is 2.83. The summed E-state index contributed by atoms with van der Waals surface area (Å²) < 4.78 is 11.0. The number of hydrogen-bond acceptors (Lipinski definition) is 4. The van der Waals surface area contributed by atoms with Gasteiger partial charge in [-0.05, 0) is 30.5 Å². The van der Waals surface area contributed by atoms with Crippen molar-refractivity contribution in [2.45, 2.75) is 31.8 Å². The van der Waals surface area contributed by atoms with Gasteiger partial charge in [0.05, 0.1) is 12.0 Å². The highest BCUT2D eigenvalue weighted by Gasteiger charge is 2.36. The molecule has 0 amide bonds. The molecule has 2 aliphatic rings. The Labute approximate surface area is 123 Å². The van der Waals surface area contributed by atoms with Crippen LogP contribution in [0.3, 0.4) is 0 Å². The number of hydrogen-bond donors (Lipinski definition) is 2. The van der Waals surface area contributed by atoms with Crippen molar-refractivity contribution in [3.05, 3.63) is 23.8 Å². The van der Waals surface area contributed by atoms with Gasteiger partial charge >= 0.3 is 5.97 Å². The number of carbonyl (C=O) groups is 1. The Balaban J connectivity index is 1.83. The van der Waals surface area contributed by atoms with E-state index >= 15 is 0 Å². The van der Waals surface area contributed by atoms with E-state index in [1.807, 2.05) is 0 Å². The molecule has 0 bridgehead atoms. The minimum atomic E-state index is -0.809. The molecule has 21 heavy (non-hydrogen) atoms. The zero-order chi connectivity index (χ0) is 14.8. The molecule has 1 saturated carbocycles. The van der Waals surface area contributed by atoms with Gasteiger partial charge in [-0.15, -0.1) is 0 Å². The largest absolute Gasteiger partial charge is 0.486 e. The lowest BCUT2D eigenvalue weighted by Crippen LogP contribution is -2.31. The summed E-state index contributed by atoms with van der Waals surface area (Å²) in [6, 6.07) is 5.35. The minimum absolute atomic E-state index is 0.237. The predicted molar refractivity (Wildman–Crippen MR) is 75.5 cm³/mol. The predicted octanol–water partition coefficient (Wildman–Crippen LogP) is 2.38. The Bertz CT molecular complexity index is 527. The normalized spacial score (nSPS) is 26.1. The van der Waals surface area contributed by atoms with Crippen LogP contribution in [0.25, 0.3) is 0 Å². The number of aliphatic carboxylic acids is 1. The van der Waals surface area contributed by atoms with E-state index in [1.54, 1.807) is 18.2 Å². The van der Waals surface area contributed by atoms with E-state index in [0.717, 1.165) is 19.3 Å². The first-order valence-electron chi connectivity index (χ1n) is 7.47. The molecule has 5 nitrogen and oxygen atoms in total. The first-order valence-corrected chi connectivity index (χ1v) is 7.47. The van der Waals surface area contributed by atoms with Crippen molar-refractivity contribution < 1.29 is 24.5 Å². The highest BCUT2D eigenvalue weighted by atomic mass is 16.6. The van der Waals surface area contributed by atoms with Gasteiger partial charge in [0.25, 0.3) is 0 Å². The summed E-state index contributed by atoms with van der Waals surface area (Å²) in [5, 5.41) is 19.9. The van der Waals surface area contributed by atoms with Crippen molar-refractivity contribution in [3.8, 4) is 11.5 Å². The maximum Gasteiger partial charge on any atom is 0.306 e. The quantitative estimate of drug-likeness (QED) is 0.894. The van der Waals surface area contributed by atoms with Gasteiger partial charge in [-0.1, -0.05) is 18.9 Å². The Kier molecular flexibility index (Phi) is 4.01. The average molecular weight is 292 g/mol. The van der Waals surface area contributed by atoms with Gasteiger partial charge < -0.3 is 19.7 Å². The fourth-order valence-corrected chi connectivity index (χ4v) is 3.34. The molecule has 3 atom stereocenters. The summed E-state index contributed by atoms with van der Waals surface area (Å²) in [5.74, 6) is -0.215.